The van der Waals surface area contributed by atoms with Crippen molar-refractivity contribution in [2.24, 2.45) is 0 Å². The Morgan fingerprint density at radius 3 is 2.47 bits per heavy atom. The third kappa shape index (κ3) is 3.80. The predicted molar refractivity (Wildman–Crippen MR) is 110 cm³/mol. The van der Waals surface area contributed by atoms with Crippen molar-refractivity contribution in [3.8, 4) is 0 Å². The van der Waals surface area contributed by atoms with E-state index < -0.39 is 24.4 Å². The van der Waals surface area contributed by atoms with Gasteiger partial charge in [0.25, 0.3) is 17.7 Å². The van der Waals surface area contributed by atoms with Crippen LogP contribution in [0.2, 0.25) is 5.02 Å². The van der Waals surface area contributed by atoms with Crippen molar-refractivity contribution >= 4 is 41.0 Å². The highest BCUT2D eigenvalue weighted by Gasteiger charge is 2.38. The van der Waals surface area contributed by atoms with Crippen LogP contribution in [-0.4, -0.2) is 36.3 Å². The molecule has 0 aromatic heterocycles. The molecule has 30 heavy (non-hydrogen) atoms. The monoisotopic (exact) mass is 426 g/mol. The average molecular weight is 427 g/mol. The van der Waals surface area contributed by atoms with E-state index in [0.717, 1.165) is 30.6 Å². The normalized spacial score (nSPS) is 16.0. The lowest BCUT2D eigenvalue weighted by atomic mass is 10.1. The largest absolute Gasteiger partial charge is 0.452 e. The molecule has 1 N–H and O–H groups in total. The van der Waals surface area contributed by atoms with Crippen LogP contribution in [0.15, 0.2) is 42.5 Å². The van der Waals surface area contributed by atoms with Crippen LogP contribution in [0.4, 0.5) is 5.69 Å². The fraction of sp³-hybridized carbons (Fsp3) is 0.273. The van der Waals surface area contributed by atoms with E-state index in [2.05, 4.69) is 5.32 Å². The van der Waals surface area contributed by atoms with Gasteiger partial charge < -0.3 is 10.1 Å². The van der Waals surface area contributed by atoms with Gasteiger partial charge in [0.1, 0.15) is 0 Å². The van der Waals surface area contributed by atoms with Crippen LogP contribution >= 0.6 is 11.6 Å². The second kappa shape index (κ2) is 8.28. The Bertz CT molecular complexity index is 1050. The second-order valence-corrected chi connectivity index (χ2v) is 7.69. The lowest BCUT2D eigenvalue weighted by Gasteiger charge is -2.15. The highest BCUT2D eigenvalue weighted by molar-refractivity contribution is 6.39. The van der Waals surface area contributed by atoms with E-state index >= 15 is 0 Å². The summed E-state index contributed by atoms with van der Waals surface area (Å²) in [6, 6.07) is 10.8. The second-order valence-electron chi connectivity index (χ2n) is 7.28. The van der Waals surface area contributed by atoms with Gasteiger partial charge in [-0.2, -0.15) is 0 Å². The van der Waals surface area contributed by atoms with Crippen molar-refractivity contribution in [3.63, 3.8) is 0 Å². The third-order valence-electron chi connectivity index (χ3n) is 5.27. The zero-order valence-electron chi connectivity index (χ0n) is 16.0. The number of fused-ring (bicyclic) bond motifs is 1. The van der Waals surface area contributed by atoms with E-state index in [1.165, 1.54) is 18.2 Å². The molecule has 7 nitrogen and oxygen atoms in total. The molecule has 2 aliphatic rings. The average Bonchev–Trinajstić information content (AvgIpc) is 3.33. The van der Waals surface area contributed by atoms with Gasteiger partial charge in [0.15, 0.2) is 6.61 Å². The van der Waals surface area contributed by atoms with Crippen LogP contribution in [0.1, 0.15) is 56.8 Å². The van der Waals surface area contributed by atoms with Gasteiger partial charge in [0.2, 0.25) is 0 Å². The van der Waals surface area contributed by atoms with Crippen molar-refractivity contribution < 1.29 is 23.9 Å². The maximum atomic E-state index is 12.8. The summed E-state index contributed by atoms with van der Waals surface area (Å²) in [5.74, 6) is -2.18. The summed E-state index contributed by atoms with van der Waals surface area (Å²) in [5.41, 5.74) is 0.628. The summed E-state index contributed by atoms with van der Waals surface area (Å²) in [4.78, 5) is 50.8. The fourth-order valence-electron chi connectivity index (χ4n) is 3.77. The number of hydrogen-bond donors (Lipinski definition) is 1. The lowest BCUT2D eigenvalue weighted by Crippen LogP contribution is -2.35. The van der Waals surface area contributed by atoms with Gasteiger partial charge in [-0.05, 0) is 43.2 Å². The molecule has 0 bridgehead atoms. The standard InChI is InChI=1S/C22H19ClN2O5/c23-17-7-3-4-8-18(17)25-20(27)15-10-9-13(11-16(15)21(25)28)22(29)30-12-19(26)24-14-5-1-2-6-14/h3-4,7-11,14H,1-2,5-6,12H2,(H,24,26). The molecule has 2 aromatic carbocycles. The summed E-state index contributed by atoms with van der Waals surface area (Å²) in [6.45, 7) is -0.398. The molecule has 0 saturated heterocycles. The molecule has 0 spiro atoms. The molecule has 0 radical (unpaired) electrons. The maximum Gasteiger partial charge on any atom is 0.338 e. The zero-order chi connectivity index (χ0) is 21.3. The number of hydrogen-bond acceptors (Lipinski definition) is 5. The number of para-hydroxylation sites is 1. The van der Waals surface area contributed by atoms with Crippen LogP contribution in [0, 0.1) is 0 Å². The Labute approximate surface area is 177 Å². The summed E-state index contributed by atoms with van der Waals surface area (Å²) < 4.78 is 5.07. The first kappa shape index (κ1) is 20.1. The van der Waals surface area contributed by atoms with Crippen LogP contribution in [0.5, 0.6) is 0 Å². The van der Waals surface area contributed by atoms with E-state index in [9.17, 15) is 19.2 Å². The number of ether oxygens (including phenoxy) is 1. The van der Waals surface area contributed by atoms with E-state index in [-0.39, 0.29) is 39.3 Å². The lowest BCUT2D eigenvalue weighted by molar-refractivity contribution is -0.124. The number of carbonyl (C=O) groups excluding carboxylic acids is 4. The smallest absolute Gasteiger partial charge is 0.338 e. The molecule has 0 unspecified atom stereocenters. The Morgan fingerprint density at radius 1 is 1.03 bits per heavy atom. The molecule has 154 valence electrons. The summed E-state index contributed by atoms with van der Waals surface area (Å²) in [5, 5.41) is 3.10. The van der Waals surface area contributed by atoms with Gasteiger partial charge in [0.05, 0.1) is 27.4 Å². The van der Waals surface area contributed by atoms with Crippen molar-refractivity contribution in [1.82, 2.24) is 5.32 Å². The minimum absolute atomic E-state index is 0.0876. The van der Waals surface area contributed by atoms with E-state index in [1.807, 2.05) is 0 Å². The Balaban J connectivity index is 1.46. The number of halogens is 1. The molecule has 3 amide bonds. The quantitative estimate of drug-likeness (QED) is 0.584. The van der Waals surface area contributed by atoms with Gasteiger partial charge in [-0.3, -0.25) is 14.4 Å². The molecule has 2 aromatic rings. The number of nitrogens with one attached hydrogen (secondary N) is 1. The number of rotatable bonds is 5. The van der Waals surface area contributed by atoms with Gasteiger partial charge in [0, 0.05) is 6.04 Å². The van der Waals surface area contributed by atoms with Gasteiger partial charge in [-0.1, -0.05) is 36.6 Å². The van der Waals surface area contributed by atoms with Gasteiger partial charge in [-0.15, -0.1) is 0 Å². The minimum atomic E-state index is -0.740. The van der Waals surface area contributed by atoms with Crippen molar-refractivity contribution in [3.05, 3.63) is 64.2 Å². The van der Waals surface area contributed by atoms with Crippen molar-refractivity contribution in [2.45, 2.75) is 31.7 Å². The summed E-state index contributed by atoms with van der Waals surface area (Å²) in [6.07, 6.45) is 4.03. The molecular weight excluding hydrogens is 408 g/mol. The third-order valence-corrected chi connectivity index (χ3v) is 5.59. The molecule has 4 rings (SSSR count). The molecular formula is C22H19ClN2O5. The number of nitrogens with zero attached hydrogens (tertiary/aromatic N) is 1. The first-order valence-electron chi connectivity index (χ1n) is 9.69. The number of amides is 3. The zero-order valence-corrected chi connectivity index (χ0v) is 16.8. The van der Waals surface area contributed by atoms with E-state index in [0.29, 0.717) is 0 Å². The molecule has 1 aliphatic carbocycles. The van der Waals surface area contributed by atoms with Gasteiger partial charge in [-0.25, -0.2) is 9.69 Å². The highest BCUT2D eigenvalue weighted by atomic mass is 35.5. The Morgan fingerprint density at radius 2 is 1.73 bits per heavy atom. The maximum absolute atomic E-state index is 12.8. The minimum Gasteiger partial charge on any atom is -0.452 e. The number of carbonyl (C=O) groups is 4. The topological polar surface area (TPSA) is 92.8 Å². The number of esters is 1. The van der Waals surface area contributed by atoms with Crippen LogP contribution in [0.25, 0.3) is 0 Å². The van der Waals surface area contributed by atoms with Crippen LogP contribution in [0.3, 0.4) is 0 Å². The summed E-state index contributed by atoms with van der Waals surface area (Å²) in [7, 11) is 0. The molecule has 8 heteroatoms. The molecule has 1 heterocycles. The molecule has 1 saturated carbocycles. The highest BCUT2D eigenvalue weighted by Crippen LogP contribution is 2.33. The molecule has 1 aliphatic heterocycles. The first-order valence-corrected chi connectivity index (χ1v) is 10.1. The van der Waals surface area contributed by atoms with Crippen LogP contribution in [-0.2, 0) is 9.53 Å². The van der Waals surface area contributed by atoms with E-state index in [4.69, 9.17) is 16.3 Å². The van der Waals surface area contributed by atoms with Crippen molar-refractivity contribution in [2.75, 3.05) is 11.5 Å². The van der Waals surface area contributed by atoms with Crippen molar-refractivity contribution in [1.29, 1.82) is 0 Å². The summed E-state index contributed by atoms with van der Waals surface area (Å²) >= 11 is 6.13. The van der Waals surface area contributed by atoms with E-state index in [1.54, 1.807) is 24.3 Å². The fourth-order valence-corrected chi connectivity index (χ4v) is 3.99. The Kier molecular flexibility index (Phi) is 5.55. The van der Waals surface area contributed by atoms with Crippen LogP contribution < -0.4 is 10.2 Å². The van der Waals surface area contributed by atoms with Gasteiger partial charge >= 0.3 is 5.97 Å². The number of imide groups is 1. The number of benzene rings is 2. The Hall–Kier alpha value is -3.19. The predicted octanol–water partition coefficient (Wildman–Crippen LogP) is 3.36. The SMILES string of the molecule is O=C(COC(=O)c1ccc2c(c1)C(=O)N(c1ccccc1Cl)C2=O)NC1CCCC1. The molecule has 1 fully saturated rings. The molecule has 0 atom stereocenters. The number of anilines is 1. The first-order chi connectivity index (χ1) is 14.5.